The van der Waals surface area contributed by atoms with Gasteiger partial charge in [0.1, 0.15) is 0 Å². The first-order valence-corrected chi connectivity index (χ1v) is 8.67. The lowest BCUT2D eigenvalue weighted by molar-refractivity contribution is -0.126. The van der Waals surface area contributed by atoms with E-state index < -0.39 is 0 Å². The lowest BCUT2D eigenvalue weighted by Gasteiger charge is -2.38. The van der Waals surface area contributed by atoms with E-state index in [0.717, 1.165) is 51.1 Å². The highest BCUT2D eigenvalue weighted by atomic mass is 16.2. The van der Waals surface area contributed by atoms with Crippen LogP contribution in [0.4, 0.5) is 0 Å². The maximum absolute atomic E-state index is 11.9. The van der Waals surface area contributed by atoms with Crippen LogP contribution in [0.3, 0.4) is 0 Å². The van der Waals surface area contributed by atoms with E-state index in [1.165, 1.54) is 5.56 Å². The number of carbonyl (C=O) groups is 1. The van der Waals surface area contributed by atoms with Gasteiger partial charge in [-0.1, -0.05) is 12.1 Å². The van der Waals surface area contributed by atoms with Gasteiger partial charge in [-0.15, -0.1) is 0 Å². The Kier molecular flexibility index (Phi) is 3.88. The first-order chi connectivity index (χ1) is 11.6. The number of aromatic nitrogens is 2. The van der Waals surface area contributed by atoms with Crippen molar-refractivity contribution in [1.29, 1.82) is 0 Å². The molecule has 24 heavy (non-hydrogen) atoms. The van der Waals surface area contributed by atoms with Crippen LogP contribution < -0.4 is 0 Å². The third kappa shape index (κ3) is 2.96. The van der Waals surface area contributed by atoms with Crippen molar-refractivity contribution in [1.82, 2.24) is 19.4 Å². The minimum Gasteiger partial charge on any atom is -0.345 e. The van der Waals surface area contributed by atoms with E-state index in [4.69, 9.17) is 0 Å². The van der Waals surface area contributed by atoms with E-state index in [0.29, 0.717) is 5.91 Å². The molecule has 1 aromatic heterocycles. The Labute approximate surface area is 142 Å². The van der Waals surface area contributed by atoms with Crippen LogP contribution >= 0.6 is 0 Å². The molecule has 1 aromatic carbocycles. The fourth-order valence-corrected chi connectivity index (χ4v) is 4.07. The van der Waals surface area contributed by atoms with Crippen LogP contribution in [0.5, 0.6) is 0 Å². The molecule has 2 aliphatic heterocycles. The molecular weight excluding hydrogens is 300 g/mol. The van der Waals surface area contributed by atoms with Gasteiger partial charge in [0, 0.05) is 44.6 Å². The summed E-state index contributed by atoms with van der Waals surface area (Å²) in [6.45, 7) is 4.11. The number of imidazole rings is 1. The molecule has 1 spiro atoms. The molecule has 126 valence electrons. The van der Waals surface area contributed by atoms with Crippen LogP contribution in [0, 0.1) is 5.41 Å². The quantitative estimate of drug-likeness (QED) is 0.870. The number of benzene rings is 1. The number of hydrogen-bond donors (Lipinski definition) is 0. The molecule has 0 aliphatic carbocycles. The van der Waals surface area contributed by atoms with Crippen molar-refractivity contribution in [3.63, 3.8) is 0 Å². The van der Waals surface area contributed by atoms with Crippen molar-refractivity contribution in [2.45, 2.75) is 25.8 Å². The second-order valence-corrected chi connectivity index (χ2v) is 7.34. The number of rotatable bonds is 3. The molecule has 0 radical (unpaired) electrons. The molecule has 0 N–H and O–H groups in total. The number of carbonyl (C=O) groups excluding carboxylic acids is 1. The molecule has 0 bridgehead atoms. The number of piperidine rings is 1. The molecule has 0 unspecified atom stereocenters. The first kappa shape index (κ1) is 15.4. The molecular formula is C19H24N4O. The molecule has 5 nitrogen and oxygen atoms in total. The molecule has 0 atom stereocenters. The van der Waals surface area contributed by atoms with Crippen molar-refractivity contribution in [2.24, 2.45) is 5.41 Å². The van der Waals surface area contributed by atoms with Gasteiger partial charge in [0.05, 0.1) is 6.33 Å². The van der Waals surface area contributed by atoms with Gasteiger partial charge in [-0.25, -0.2) is 4.98 Å². The fraction of sp³-hybridized carbons (Fsp3) is 0.474. The Morgan fingerprint density at radius 1 is 1.17 bits per heavy atom. The molecule has 5 heteroatoms. The zero-order valence-corrected chi connectivity index (χ0v) is 14.2. The highest BCUT2D eigenvalue weighted by Gasteiger charge is 2.43. The third-order valence-electron chi connectivity index (χ3n) is 5.59. The van der Waals surface area contributed by atoms with Crippen molar-refractivity contribution in [3.05, 3.63) is 48.5 Å². The largest absolute Gasteiger partial charge is 0.345 e. The van der Waals surface area contributed by atoms with Gasteiger partial charge in [0.15, 0.2) is 0 Å². The van der Waals surface area contributed by atoms with Crippen molar-refractivity contribution >= 4 is 5.91 Å². The molecule has 2 aromatic rings. The van der Waals surface area contributed by atoms with E-state index in [9.17, 15) is 4.79 Å². The third-order valence-corrected chi connectivity index (χ3v) is 5.59. The summed E-state index contributed by atoms with van der Waals surface area (Å²) in [6, 6.07) is 8.69. The molecule has 3 heterocycles. The zero-order valence-electron chi connectivity index (χ0n) is 14.2. The summed E-state index contributed by atoms with van der Waals surface area (Å²) in [5.74, 6) is 0.318. The predicted octanol–water partition coefficient (Wildman–Crippen LogP) is 2.32. The van der Waals surface area contributed by atoms with Gasteiger partial charge in [-0.3, -0.25) is 9.69 Å². The van der Waals surface area contributed by atoms with Crippen LogP contribution in [0.2, 0.25) is 0 Å². The minimum atomic E-state index is 0.244. The van der Waals surface area contributed by atoms with Gasteiger partial charge in [-0.2, -0.15) is 0 Å². The number of amides is 1. The summed E-state index contributed by atoms with van der Waals surface area (Å²) in [7, 11) is 1.94. The highest BCUT2D eigenvalue weighted by Crippen LogP contribution is 2.40. The molecule has 4 rings (SSSR count). The van der Waals surface area contributed by atoms with E-state index >= 15 is 0 Å². The van der Waals surface area contributed by atoms with Gasteiger partial charge in [0.2, 0.25) is 5.91 Å². The van der Waals surface area contributed by atoms with Gasteiger partial charge in [0.25, 0.3) is 0 Å². The topological polar surface area (TPSA) is 41.4 Å². The molecule has 2 fully saturated rings. The summed E-state index contributed by atoms with van der Waals surface area (Å²) in [5.41, 5.74) is 2.73. The summed E-state index contributed by atoms with van der Waals surface area (Å²) in [4.78, 5) is 20.4. The Morgan fingerprint density at radius 2 is 1.92 bits per heavy atom. The van der Waals surface area contributed by atoms with E-state index in [1.54, 1.807) is 6.20 Å². The van der Waals surface area contributed by atoms with Crippen molar-refractivity contribution < 1.29 is 4.79 Å². The lowest BCUT2D eigenvalue weighted by atomic mass is 9.77. The highest BCUT2D eigenvalue weighted by molar-refractivity contribution is 5.79. The Bertz CT molecular complexity index is 699. The standard InChI is InChI=1S/C19H24N4O/c1-21-14-19(12-18(21)24)6-9-22(10-7-19)13-16-2-4-17(5-3-16)23-11-8-20-15-23/h2-5,8,11,15H,6-7,9-10,12-14H2,1H3. The molecule has 0 saturated carbocycles. The minimum absolute atomic E-state index is 0.244. The van der Waals surface area contributed by atoms with Crippen molar-refractivity contribution in [3.8, 4) is 5.69 Å². The maximum atomic E-state index is 11.9. The zero-order chi connectivity index (χ0) is 16.6. The maximum Gasteiger partial charge on any atom is 0.222 e. The Balaban J connectivity index is 1.35. The van der Waals surface area contributed by atoms with E-state index in [1.807, 2.05) is 29.0 Å². The van der Waals surface area contributed by atoms with Gasteiger partial charge in [-0.05, 0) is 49.0 Å². The molecule has 2 saturated heterocycles. The Hall–Kier alpha value is -2.14. The summed E-state index contributed by atoms with van der Waals surface area (Å²) in [5, 5.41) is 0. The SMILES string of the molecule is CN1CC2(CCN(Cc3ccc(-n4ccnc4)cc3)CC2)CC1=O. The number of likely N-dealkylation sites (tertiary alicyclic amines) is 2. The summed E-state index contributed by atoms with van der Waals surface area (Å²) in [6.07, 6.45) is 8.59. The van der Waals surface area contributed by atoms with E-state index in [-0.39, 0.29) is 5.41 Å². The smallest absolute Gasteiger partial charge is 0.222 e. The number of nitrogens with zero attached hydrogens (tertiary/aromatic N) is 4. The van der Waals surface area contributed by atoms with E-state index in [2.05, 4.69) is 34.1 Å². The monoisotopic (exact) mass is 324 g/mol. The van der Waals surface area contributed by atoms with Gasteiger partial charge >= 0.3 is 0 Å². The second-order valence-electron chi connectivity index (χ2n) is 7.34. The number of hydrogen-bond acceptors (Lipinski definition) is 3. The van der Waals surface area contributed by atoms with Crippen LogP contribution in [-0.2, 0) is 11.3 Å². The first-order valence-electron chi connectivity index (χ1n) is 8.67. The normalized spacial score (nSPS) is 20.9. The summed E-state index contributed by atoms with van der Waals surface area (Å²) >= 11 is 0. The van der Waals surface area contributed by atoms with Crippen LogP contribution in [0.1, 0.15) is 24.8 Å². The fourth-order valence-electron chi connectivity index (χ4n) is 4.07. The van der Waals surface area contributed by atoms with Crippen molar-refractivity contribution in [2.75, 3.05) is 26.7 Å². The Morgan fingerprint density at radius 3 is 2.50 bits per heavy atom. The van der Waals surface area contributed by atoms with Crippen LogP contribution in [-0.4, -0.2) is 51.9 Å². The average molecular weight is 324 g/mol. The second kappa shape index (κ2) is 6.06. The predicted molar refractivity (Wildman–Crippen MR) is 92.8 cm³/mol. The molecule has 1 amide bonds. The lowest BCUT2D eigenvalue weighted by Crippen LogP contribution is -2.40. The average Bonchev–Trinajstić information content (AvgIpc) is 3.20. The summed E-state index contributed by atoms with van der Waals surface area (Å²) < 4.78 is 2.02. The van der Waals surface area contributed by atoms with Crippen LogP contribution in [0.25, 0.3) is 5.69 Å². The molecule has 2 aliphatic rings. The van der Waals surface area contributed by atoms with Gasteiger partial charge < -0.3 is 9.47 Å². The van der Waals surface area contributed by atoms with Crippen LogP contribution in [0.15, 0.2) is 43.0 Å².